The van der Waals surface area contributed by atoms with E-state index in [9.17, 15) is 4.79 Å². The number of rotatable bonds is 10. The zero-order chi connectivity index (χ0) is 20.6. The summed E-state index contributed by atoms with van der Waals surface area (Å²) in [7, 11) is 4.31. The minimum Gasteiger partial charge on any atom is -0.493 e. The van der Waals surface area contributed by atoms with Gasteiger partial charge in [-0.1, -0.05) is 30.7 Å². The molecule has 0 N–H and O–H groups in total. The topological polar surface area (TPSA) is 57.3 Å². The van der Waals surface area contributed by atoms with Crippen LogP contribution in [-0.2, 0) is 23.7 Å². The summed E-state index contributed by atoms with van der Waals surface area (Å²) < 4.78 is 20.9. The average molecular weight is 376 g/mol. The number of ether oxygens (including phenoxy) is 4. The molecule has 0 saturated carbocycles. The first kappa shape index (κ1) is 22.8. The second-order valence-corrected chi connectivity index (χ2v) is 6.96. The normalized spacial score (nSPS) is 24.9. The molecule has 5 heteroatoms. The third-order valence-corrected chi connectivity index (χ3v) is 4.74. The highest BCUT2D eigenvalue weighted by Crippen LogP contribution is 2.43. The molecule has 1 heterocycles. The summed E-state index contributed by atoms with van der Waals surface area (Å²) in [6.45, 7) is 12.2. The minimum atomic E-state index is -0.505. The van der Waals surface area contributed by atoms with Gasteiger partial charge in [0.1, 0.15) is 6.10 Å². The highest BCUT2D eigenvalue weighted by Gasteiger charge is 2.50. The molecule has 0 aromatic rings. The summed E-state index contributed by atoms with van der Waals surface area (Å²) in [6.07, 6.45) is 10.1. The van der Waals surface area contributed by atoms with Gasteiger partial charge in [0.15, 0.2) is 11.5 Å². The molecule has 1 unspecified atom stereocenters. The summed E-state index contributed by atoms with van der Waals surface area (Å²) in [4.78, 5) is 11.4. The van der Waals surface area contributed by atoms with Crippen LogP contribution in [0.25, 0.3) is 0 Å². The van der Waals surface area contributed by atoms with Crippen molar-refractivity contribution in [3.8, 4) is 0 Å². The van der Waals surface area contributed by atoms with Crippen LogP contribution in [0.15, 0.2) is 59.6 Å². The molecule has 1 fully saturated rings. The number of esters is 1. The quantitative estimate of drug-likeness (QED) is 0.140. The van der Waals surface area contributed by atoms with Crippen LogP contribution in [0.3, 0.4) is 0 Å². The second kappa shape index (κ2) is 10.2. The van der Waals surface area contributed by atoms with Crippen molar-refractivity contribution < 1.29 is 23.7 Å². The largest absolute Gasteiger partial charge is 0.493 e. The predicted octanol–water partition coefficient (Wildman–Crippen LogP) is 4.48. The van der Waals surface area contributed by atoms with Crippen molar-refractivity contribution >= 4 is 5.97 Å². The molecule has 150 valence electrons. The van der Waals surface area contributed by atoms with E-state index in [1.54, 1.807) is 0 Å². The molecule has 1 aliphatic heterocycles. The van der Waals surface area contributed by atoms with Crippen molar-refractivity contribution in [3.05, 3.63) is 59.6 Å². The summed E-state index contributed by atoms with van der Waals surface area (Å²) in [6, 6.07) is 0. The first-order chi connectivity index (χ1) is 12.7. The van der Waals surface area contributed by atoms with Crippen molar-refractivity contribution in [2.24, 2.45) is 5.92 Å². The van der Waals surface area contributed by atoms with E-state index in [-0.39, 0.29) is 11.7 Å². The number of hydrogen-bond acceptors (Lipinski definition) is 5. The van der Waals surface area contributed by atoms with E-state index in [0.29, 0.717) is 17.4 Å². The first-order valence-corrected chi connectivity index (χ1v) is 8.95. The molecule has 1 aliphatic rings. The van der Waals surface area contributed by atoms with Gasteiger partial charge in [-0.25, -0.2) is 4.79 Å². The van der Waals surface area contributed by atoms with Crippen molar-refractivity contribution in [3.63, 3.8) is 0 Å². The lowest BCUT2D eigenvalue weighted by Crippen LogP contribution is -2.14. The Labute approximate surface area is 163 Å². The lowest BCUT2D eigenvalue weighted by Gasteiger charge is -2.15. The highest BCUT2D eigenvalue weighted by molar-refractivity contribution is 5.83. The Morgan fingerprint density at radius 2 is 1.70 bits per heavy atom. The maximum Gasteiger partial charge on any atom is 0.334 e. The molecule has 1 saturated heterocycles. The van der Waals surface area contributed by atoms with Crippen molar-refractivity contribution in [2.75, 3.05) is 21.3 Å². The lowest BCUT2D eigenvalue weighted by atomic mass is 9.89. The van der Waals surface area contributed by atoms with E-state index in [1.165, 1.54) is 33.0 Å². The number of carbonyl (C=O) groups excluding carboxylic acids is 1. The number of allylic oxidation sites excluding steroid dienone is 5. The molecule has 0 amide bonds. The second-order valence-electron chi connectivity index (χ2n) is 6.96. The zero-order valence-electron chi connectivity index (χ0n) is 17.5. The maximum absolute atomic E-state index is 11.4. The molecule has 0 radical (unpaired) electrons. The number of epoxide rings is 1. The van der Waals surface area contributed by atoms with Gasteiger partial charge < -0.3 is 18.9 Å². The van der Waals surface area contributed by atoms with E-state index in [0.717, 1.165) is 12.0 Å². The molecule has 3 atom stereocenters. The van der Waals surface area contributed by atoms with Gasteiger partial charge in [0.2, 0.25) is 0 Å². The molecule has 27 heavy (non-hydrogen) atoms. The van der Waals surface area contributed by atoms with Crippen molar-refractivity contribution in [1.82, 2.24) is 0 Å². The van der Waals surface area contributed by atoms with Gasteiger partial charge in [-0.2, -0.15) is 0 Å². The molecular weight excluding hydrogens is 344 g/mol. The molecular formula is C22H32O5. The Bertz CT molecular complexity index is 668. The van der Waals surface area contributed by atoms with Gasteiger partial charge in [-0.05, 0) is 44.8 Å². The van der Waals surface area contributed by atoms with Gasteiger partial charge in [-0.15, -0.1) is 6.58 Å². The molecule has 0 aliphatic carbocycles. The minimum absolute atomic E-state index is 0.0931. The van der Waals surface area contributed by atoms with Crippen LogP contribution < -0.4 is 0 Å². The van der Waals surface area contributed by atoms with E-state index in [1.807, 2.05) is 25.2 Å². The Kier molecular flexibility index (Phi) is 8.57. The third kappa shape index (κ3) is 6.75. The average Bonchev–Trinajstić information content (AvgIpc) is 3.31. The van der Waals surface area contributed by atoms with Crippen LogP contribution in [0.4, 0.5) is 0 Å². The molecule has 0 aromatic carbocycles. The Hall–Kier alpha value is -2.27. The SMILES string of the molecule is C=C[C@@H]1O[C@]1(C)CC(C)/C(C)=C/C=C(C)\C=C(OC)\C(=C\C(=O)OC)OC. The van der Waals surface area contributed by atoms with Gasteiger partial charge >= 0.3 is 5.97 Å². The molecule has 0 aromatic heterocycles. The van der Waals surface area contributed by atoms with Gasteiger partial charge in [0.05, 0.1) is 33.0 Å². The van der Waals surface area contributed by atoms with Crippen LogP contribution in [0.5, 0.6) is 0 Å². The fourth-order valence-corrected chi connectivity index (χ4v) is 2.80. The Balaban J connectivity index is 2.87. The van der Waals surface area contributed by atoms with Crippen molar-refractivity contribution in [2.45, 2.75) is 45.8 Å². The summed E-state index contributed by atoms with van der Waals surface area (Å²) in [5.41, 5.74) is 2.13. The summed E-state index contributed by atoms with van der Waals surface area (Å²) in [5.74, 6) is 0.641. The molecule has 5 nitrogen and oxygen atoms in total. The van der Waals surface area contributed by atoms with Crippen LogP contribution >= 0.6 is 0 Å². The fraction of sp³-hybridized carbons (Fsp3) is 0.500. The van der Waals surface area contributed by atoms with Gasteiger partial charge in [0.25, 0.3) is 0 Å². The molecule has 0 bridgehead atoms. The molecule has 1 rings (SSSR count). The number of methoxy groups -OCH3 is 3. The monoisotopic (exact) mass is 376 g/mol. The highest BCUT2D eigenvalue weighted by atomic mass is 16.6. The number of hydrogen-bond donors (Lipinski definition) is 0. The van der Waals surface area contributed by atoms with Crippen LogP contribution in [0.1, 0.15) is 34.1 Å². The van der Waals surface area contributed by atoms with Crippen molar-refractivity contribution in [1.29, 1.82) is 0 Å². The smallest absolute Gasteiger partial charge is 0.334 e. The van der Waals surface area contributed by atoms with E-state index in [4.69, 9.17) is 14.2 Å². The third-order valence-electron chi connectivity index (χ3n) is 4.74. The first-order valence-electron chi connectivity index (χ1n) is 8.95. The van der Waals surface area contributed by atoms with E-state index in [2.05, 4.69) is 38.2 Å². The standard InChI is InChI=1S/C22H32O5/c1-9-20-22(5,27-20)14-17(4)16(3)11-10-15(2)12-18(24-6)19(25-7)13-21(23)26-8/h9-13,17,20H,1,14H2,2-8H3/b15-10-,16-11+,18-12-,19-13-/t17?,20-,22+/m0/s1. The van der Waals surface area contributed by atoms with Gasteiger partial charge in [0, 0.05) is 0 Å². The maximum atomic E-state index is 11.4. The molecule has 0 spiro atoms. The predicted molar refractivity (Wildman–Crippen MR) is 107 cm³/mol. The van der Waals surface area contributed by atoms with E-state index < -0.39 is 5.97 Å². The number of carbonyl (C=O) groups is 1. The summed E-state index contributed by atoms with van der Waals surface area (Å²) in [5, 5.41) is 0. The lowest BCUT2D eigenvalue weighted by molar-refractivity contribution is -0.135. The Morgan fingerprint density at radius 3 is 2.19 bits per heavy atom. The summed E-state index contributed by atoms with van der Waals surface area (Å²) >= 11 is 0. The van der Waals surface area contributed by atoms with Crippen LogP contribution in [0, 0.1) is 5.92 Å². The van der Waals surface area contributed by atoms with Crippen LogP contribution in [0.2, 0.25) is 0 Å². The zero-order valence-corrected chi connectivity index (χ0v) is 17.5. The van der Waals surface area contributed by atoms with E-state index >= 15 is 0 Å². The van der Waals surface area contributed by atoms with Crippen LogP contribution in [-0.4, -0.2) is 39.0 Å². The van der Waals surface area contributed by atoms with Gasteiger partial charge in [-0.3, -0.25) is 0 Å². The fourth-order valence-electron chi connectivity index (χ4n) is 2.80. The Morgan fingerprint density at radius 1 is 1.11 bits per heavy atom.